The van der Waals surface area contributed by atoms with Gasteiger partial charge in [0.25, 0.3) is 0 Å². The minimum Gasteiger partial charge on any atom is -0.363 e. The highest BCUT2D eigenvalue weighted by atomic mass is 35.5. The zero-order chi connectivity index (χ0) is 13.2. The Hall–Kier alpha value is -0.860. The maximum atomic E-state index is 11.9. The Labute approximate surface area is 114 Å². The molecule has 4 N–H and O–H groups in total. The molecule has 0 radical (unpaired) electrons. The van der Waals surface area contributed by atoms with Crippen LogP contribution in [-0.2, 0) is 23.1 Å². The van der Waals surface area contributed by atoms with E-state index in [4.69, 9.17) is 17.3 Å². The molecular formula is C10H12ClN3O2S2. The lowest BCUT2D eigenvalue weighted by molar-refractivity contribution is 0.582. The van der Waals surface area contributed by atoms with E-state index < -0.39 is 10.0 Å². The first kappa shape index (κ1) is 13.6. The SMILES string of the molecule is NCc1cc(S(=O)(=O)NCc2ccc(Cl)s2)c[nH]1. The Balaban J connectivity index is 2.07. The smallest absolute Gasteiger partial charge is 0.242 e. The maximum absolute atomic E-state index is 11.9. The fourth-order valence-corrected chi connectivity index (χ4v) is 3.53. The summed E-state index contributed by atoms with van der Waals surface area (Å²) in [7, 11) is -3.51. The number of rotatable bonds is 5. The zero-order valence-electron chi connectivity index (χ0n) is 9.31. The van der Waals surface area contributed by atoms with Crippen molar-refractivity contribution in [1.29, 1.82) is 0 Å². The van der Waals surface area contributed by atoms with Crippen LogP contribution in [0.3, 0.4) is 0 Å². The first-order valence-corrected chi connectivity index (χ1v) is 7.80. The molecule has 0 amide bonds. The molecule has 0 aliphatic heterocycles. The first-order chi connectivity index (χ1) is 8.51. The lowest BCUT2D eigenvalue weighted by atomic mass is 10.4. The molecule has 0 aliphatic rings. The summed E-state index contributed by atoms with van der Waals surface area (Å²) < 4.78 is 27.0. The van der Waals surface area contributed by atoms with Crippen molar-refractivity contribution in [3.05, 3.63) is 39.3 Å². The van der Waals surface area contributed by atoms with E-state index in [-0.39, 0.29) is 18.0 Å². The van der Waals surface area contributed by atoms with Crippen molar-refractivity contribution in [2.45, 2.75) is 18.0 Å². The Morgan fingerprint density at radius 3 is 2.78 bits per heavy atom. The summed E-state index contributed by atoms with van der Waals surface area (Å²) in [6, 6.07) is 5.04. The summed E-state index contributed by atoms with van der Waals surface area (Å²) in [5.41, 5.74) is 6.09. The summed E-state index contributed by atoms with van der Waals surface area (Å²) in [4.78, 5) is 3.85. The molecule has 2 aromatic heterocycles. The third kappa shape index (κ3) is 3.12. The van der Waals surface area contributed by atoms with Gasteiger partial charge >= 0.3 is 0 Å². The van der Waals surface area contributed by atoms with E-state index in [2.05, 4.69) is 9.71 Å². The lowest BCUT2D eigenvalue weighted by Crippen LogP contribution is -2.22. The van der Waals surface area contributed by atoms with Gasteiger partial charge in [0.15, 0.2) is 0 Å². The highest BCUT2D eigenvalue weighted by Gasteiger charge is 2.15. The average molecular weight is 306 g/mol. The molecule has 0 saturated heterocycles. The molecule has 0 spiro atoms. The van der Waals surface area contributed by atoms with Crippen molar-refractivity contribution in [3.63, 3.8) is 0 Å². The number of aromatic nitrogens is 1. The van der Waals surface area contributed by atoms with Crippen molar-refractivity contribution < 1.29 is 8.42 Å². The zero-order valence-corrected chi connectivity index (χ0v) is 11.7. The van der Waals surface area contributed by atoms with Crippen molar-refractivity contribution in [3.8, 4) is 0 Å². The third-order valence-corrected chi connectivity index (χ3v) is 4.92. The van der Waals surface area contributed by atoms with Crippen molar-refractivity contribution in [2.24, 2.45) is 5.73 Å². The Morgan fingerprint density at radius 1 is 1.44 bits per heavy atom. The van der Waals surface area contributed by atoms with Gasteiger partial charge in [-0.1, -0.05) is 11.6 Å². The largest absolute Gasteiger partial charge is 0.363 e. The topological polar surface area (TPSA) is 88.0 Å². The van der Waals surface area contributed by atoms with Crippen LogP contribution < -0.4 is 10.5 Å². The van der Waals surface area contributed by atoms with Crippen LogP contribution in [0.4, 0.5) is 0 Å². The fourth-order valence-electron chi connectivity index (χ4n) is 1.39. The number of hydrogen-bond acceptors (Lipinski definition) is 4. The molecule has 98 valence electrons. The number of aromatic amines is 1. The van der Waals surface area contributed by atoms with E-state index in [1.807, 2.05) is 0 Å². The molecule has 2 rings (SSSR count). The average Bonchev–Trinajstić information content (AvgIpc) is 2.95. The van der Waals surface area contributed by atoms with Gasteiger partial charge in [-0.3, -0.25) is 0 Å². The predicted molar refractivity (Wildman–Crippen MR) is 72.0 cm³/mol. The van der Waals surface area contributed by atoms with Crippen LogP contribution in [0.5, 0.6) is 0 Å². The third-order valence-electron chi connectivity index (χ3n) is 2.31. The molecule has 18 heavy (non-hydrogen) atoms. The molecule has 0 unspecified atom stereocenters. The summed E-state index contributed by atoms with van der Waals surface area (Å²) >= 11 is 7.12. The molecule has 8 heteroatoms. The van der Waals surface area contributed by atoms with Crippen molar-refractivity contribution >= 4 is 33.0 Å². The molecule has 0 saturated carbocycles. The van der Waals surface area contributed by atoms with E-state index in [0.717, 1.165) is 4.88 Å². The molecule has 2 heterocycles. The van der Waals surface area contributed by atoms with E-state index >= 15 is 0 Å². The summed E-state index contributed by atoms with van der Waals surface area (Å²) in [6.07, 6.45) is 1.42. The van der Waals surface area contributed by atoms with Crippen LogP contribution in [0.1, 0.15) is 10.6 Å². The molecular weight excluding hydrogens is 294 g/mol. The predicted octanol–water partition coefficient (Wildman–Crippen LogP) is 1.67. The minimum absolute atomic E-state index is 0.186. The molecule has 0 fully saturated rings. The second-order valence-electron chi connectivity index (χ2n) is 3.60. The second kappa shape index (κ2) is 5.41. The molecule has 2 aromatic rings. The second-order valence-corrected chi connectivity index (χ2v) is 7.16. The lowest BCUT2D eigenvalue weighted by Gasteiger charge is -2.02. The van der Waals surface area contributed by atoms with Crippen LogP contribution in [0.25, 0.3) is 0 Å². The van der Waals surface area contributed by atoms with Crippen LogP contribution in [0.2, 0.25) is 4.34 Å². The fraction of sp³-hybridized carbons (Fsp3) is 0.200. The molecule has 0 aromatic carbocycles. The molecule has 5 nitrogen and oxygen atoms in total. The van der Waals surface area contributed by atoms with Gasteiger partial charge in [0.2, 0.25) is 10.0 Å². The van der Waals surface area contributed by atoms with Gasteiger partial charge in [0.1, 0.15) is 0 Å². The Bertz CT molecular complexity index is 633. The van der Waals surface area contributed by atoms with Gasteiger partial charge in [0, 0.05) is 29.9 Å². The molecule has 0 bridgehead atoms. The number of thiophene rings is 1. The minimum atomic E-state index is -3.51. The number of H-pyrrole nitrogens is 1. The van der Waals surface area contributed by atoms with Gasteiger partial charge in [-0.05, 0) is 18.2 Å². The summed E-state index contributed by atoms with van der Waals surface area (Å²) in [6.45, 7) is 0.499. The van der Waals surface area contributed by atoms with E-state index in [9.17, 15) is 8.42 Å². The van der Waals surface area contributed by atoms with E-state index in [1.54, 1.807) is 12.1 Å². The number of halogens is 1. The number of hydrogen-bond donors (Lipinski definition) is 3. The van der Waals surface area contributed by atoms with Crippen LogP contribution in [0.15, 0.2) is 29.3 Å². The van der Waals surface area contributed by atoms with Crippen molar-refractivity contribution in [2.75, 3.05) is 0 Å². The summed E-state index contributed by atoms with van der Waals surface area (Å²) in [5.74, 6) is 0. The first-order valence-electron chi connectivity index (χ1n) is 5.12. The van der Waals surface area contributed by atoms with Gasteiger partial charge in [-0.15, -0.1) is 11.3 Å². The number of sulfonamides is 1. The number of nitrogens with two attached hydrogens (primary N) is 1. The van der Waals surface area contributed by atoms with Crippen LogP contribution >= 0.6 is 22.9 Å². The maximum Gasteiger partial charge on any atom is 0.242 e. The Morgan fingerprint density at radius 2 is 2.22 bits per heavy atom. The van der Waals surface area contributed by atoms with Crippen LogP contribution in [0, 0.1) is 0 Å². The summed E-state index contributed by atoms with van der Waals surface area (Å²) in [5, 5.41) is 0. The highest BCUT2D eigenvalue weighted by Crippen LogP contribution is 2.21. The monoisotopic (exact) mass is 305 g/mol. The normalized spacial score (nSPS) is 11.9. The quantitative estimate of drug-likeness (QED) is 0.785. The number of nitrogens with one attached hydrogen (secondary N) is 2. The van der Waals surface area contributed by atoms with Gasteiger partial charge in [0.05, 0.1) is 9.23 Å². The van der Waals surface area contributed by atoms with Crippen LogP contribution in [-0.4, -0.2) is 13.4 Å². The molecule has 0 atom stereocenters. The van der Waals surface area contributed by atoms with Gasteiger partial charge in [-0.25, -0.2) is 13.1 Å². The van der Waals surface area contributed by atoms with Crippen molar-refractivity contribution in [1.82, 2.24) is 9.71 Å². The molecule has 0 aliphatic carbocycles. The van der Waals surface area contributed by atoms with E-state index in [0.29, 0.717) is 10.0 Å². The highest BCUT2D eigenvalue weighted by molar-refractivity contribution is 7.89. The standard InChI is InChI=1S/C10H12ClN3O2S2/c11-10-2-1-8(17-10)5-14-18(15,16)9-3-7(4-12)13-6-9/h1-3,6,13-14H,4-5,12H2. The Kier molecular flexibility index (Phi) is 4.08. The van der Waals surface area contributed by atoms with E-state index in [1.165, 1.54) is 23.6 Å². The van der Waals surface area contributed by atoms with Gasteiger partial charge < -0.3 is 10.7 Å². The van der Waals surface area contributed by atoms with Gasteiger partial charge in [-0.2, -0.15) is 0 Å².